The maximum absolute atomic E-state index is 3.58. The van der Waals surface area contributed by atoms with Gasteiger partial charge in [0.1, 0.15) is 0 Å². The second kappa shape index (κ2) is 5.31. The number of rotatable bonds is 8. The average molecular weight is 210 g/mol. The Balaban J connectivity index is 1.44. The predicted octanol–water partition coefficient (Wildman–Crippen LogP) is 2.25. The molecule has 0 amide bonds. The van der Waals surface area contributed by atoms with E-state index in [0.717, 1.165) is 18.0 Å². The Morgan fingerprint density at radius 1 is 1.20 bits per heavy atom. The van der Waals surface area contributed by atoms with Gasteiger partial charge in [-0.15, -0.1) is 0 Å². The van der Waals surface area contributed by atoms with E-state index < -0.39 is 0 Å². The van der Waals surface area contributed by atoms with Gasteiger partial charge in [-0.1, -0.05) is 0 Å². The summed E-state index contributed by atoms with van der Waals surface area (Å²) in [6.07, 6.45) is 8.46. The SMILES string of the molecule is CC(C1CC1)N(C)CCCCNC1CC1. The number of hydrogen-bond acceptors (Lipinski definition) is 2. The lowest BCUT2D eigenvalue weighted by molar-refractivity contribution is 0.230. The minimum Gasteiger partial charge on any atom is -0.314 e. The lowest BCUT2D eigenvalue weighted by atomic mass is 10.2. The standard InChI is InChI=1S/C13H26N2/c1-11(12-5-6-12)15(2)10-4-3-9-14-13-7-8-13/h11-14H,3-10H2,1-2H3. The van der Waals surface area contributed by atoms with E-state index in [1.54, 1.807) is 0 Å². The Morgan fingerprint density at radius 2 is 1.93 bits per heavy atom. The van der Waals surface area contributed by atoms with Crippen LogP contribution in [0.4, 0.5) is 0 Å². The van der Waals surface area contributed by atoms with Gasteiger partial charge in [0.25, 0.3) is 0 Å². The topological polar surface area (TPSA) is 15.3 Å². The molecular weight excluding hydrogens is 184 g/mol. The molecule has 2 rings (SSSR count). The molecule has 0 aliphatic heterocycles. The van der Waals surface area contributed by atoms with Crippen LogP contribution in [0.25, 0.3) is 0 Å². The van der Waals surface area contributed by atoms with Crippen molar-refractivity contribution >= 4 is 0 Å². The maximum Gasteiger partial charge on any atom is 0.00921 e. The van der Waals surface area contributed by atoms with Gasteiger partial charge >= 0.3 is 0 Å². The van der Waals surface area contributed by atoms with Crippen LogP contribution in [0.5, 0.6) is 0 Å². The lowest BCUT2D eigenvalue weighted by Gasteiger charge is -2.24. The van der Waals surface area contributed by atoms with Gasteiger partial charge in [0.05, 0.1) is 0 Å². The molecule has 1 unspecified atom stereocenters. The number of nitrogens with one attached hydrogen (secondary N) is 1. The normalized spacial score (nSPS) is 23.4. The van der Waals surface area contributed by atoms with Crippen LogP contribution in [0.3, 0.4) is 0 Å². The molecule has 1 atom stereocenters. The van der Waals surface area contributed by atoms with E-state index in [1.807, 2.05) is 0 Å². The molecule has 0 bridgehead atoms. The Kier molecular flexibility index (Phi) is 4.04. The summed E-state index contributed by atoms with van der Waals surface area (Å²) >= 11 is 0. The van der Waals surface area contributed by atoms with Gasteiger partial charge in [-0.05, 0) is 71.5 Å². The summed E-state index contributed by atoms with van der Waals surface area (Å²) < 4.78 is 0. The van der Waals surface area contributed by atoms with Crippen molar-refractivity contribution in [3.63, 3.8) is 0 Å². The zero-order valence-electron chi connectivity index (χ0n) is 10.3. The smallest absolute Gasteiger partial charge is 0.00921 e. The summed E-state index contributed by atoms with van der Waals surface area (Å²) in [5.74, 6) is 1.01. The highest BCUT2D eigenvalue weighted by Gasteiger charge is 2.29. The Hall–Kier alpha value is -0.0800. The number of hydrogen-bond donors (Lipinski definition) is 1. The molecule has 0 aromatic rings. The molecule has 2 saturated carbocycles. The largest absolute Gasteiger partial charge is 0.314 e. The van der Waals surface area contributed by atoms with Crippen molar-refractivity contribution in [2.24, 2.45) is 5.92 Å². The summed E-state index contributed by atoms with van der Waals surface area (Å²) in [5.41, 5.74) is 0. The first-order chi connectivity index (χ1) is 7.27. The van der Waals surface area contributed by atoms with Crippen LogP contribution in [-0.2, 0) is 0 Å². The van der Waals surface area contributed by atoms with Crippen molar-refractivity contribution in [2.75, 3.05) is 20.1 Å². The van der Waals surface area contributed by atoms with Crippen molar-refractivity contribution in [2.45, 2.75) is 57.5 Å². The molecule has 2 heteroatoms. The van der Waals surface area contributed by atoms with Crippen molar-refractivity contribution in [3.8, 4) is 0 Å². The highest BCUT2D eigenvalue weighted by atomic mass is 15.1. The van der Waals surface area contributed by atoms with E-state index in [-0.39, 0.29) is 0 Å². The Bertz CT molecular complexity index is 185. The van der Waals surface area contributed by atoms with Crippen LogP contribution in [0.2, 0.25) is 0 Å². The van der Waals surface area contributed by atoms with E-state index in [1.165, 1.54) is 51.6 Å². The Labute approximate surface area is 94.4 Å². The summed E-state index contributed by atoms with van der Waals surface area (Å²) in [6, 6.07) is 1.70. The van der Waals surface area contributed by atoms with Crippen LogP contribution in [-0.4, -0.2) is 37.1 Å². The molecule has 0 aromatic carbocycles. The van der Waals surface area contributed by atoms with E-state index >= 15 is 0 Å². The van der Waals surface area contributed by atoms with Crippen molar-refractivity contribution < 1.29 is 0 Å². The highest BCUT2D eigenvalue weighted by Crippen LogP contribution is 2.34. The lowest BCUT2D eigenvalue weighted by Crippen LogP contribution is -2.32. The van der Waals surface area contributed by atoms with Crippen LogP contribution in [0.15, 0.2) is 0 Å². The molecule has 2 aliphatic rings. The van der Waals surface area contributed by atoms with E-state index in [9.17, 15) is 0 Å². The molecule has 0 aromatic heterocycles. The zero-order valence-corrected chi connectivity index (χ0v) is 10.3. The molecule has 0 heterocycles. The van der Waals surface area contributed by atoms with Gasteiger partial charge < -0.3 is 10.2 Å². The molecule has 2 nitrogen and oxygen atoms in total. The molecule has 1 N–H and O–H groups in total. The summed E-state index contributed by atoms with van der Waals surface area (Å²) in [7, 11) is 2.29. The number of nitrogens with zero attached hydrogens (tertiary/aromatic N) is 1. The quantitative estimate of drug-likeness (QED) is 0.618. The Morgan fingerprint density at radius 3 is 2.53 bits per heavy atom. The average Bonchev–Trinajstić information content (AvgIpc) is 3.07. The molecule has 15 heavy (non-hydrogen) atoms. The molecule has 88 valence electrons. The first-order valence-electron chi connectivity index (χ1n) is 6.71. The second-order valence-corrected chi connectivity index (χ2v) is 5.49. The van der Waals surface area contributed by atoms with Gasteiger partial charge in [-0.3, -0.25) is 0 Å². The molecule has 2 fully saturated rings. The maximum atomic E-state index is 3.58. The van der Waals surface area contributed by atoms with Crippen molar-refractivity contribution in [3.05, 3.63) is 0 Å². The first kappa shape index (κ1) is 11.4. The van der Waals surface area contributed by atoms with Gasteiger partial charge in [-0.2, -0.15) is 0 Å². The van der Waals surface area contributed by atoms with Crippen LogP contribution < -0.4 is 5.32 Å². The summed E-state index contributed by atoms with van der Waals surface area (Å²) in [5, 5.41) is 3.58. The third-order valence-electron chi connectivity index (χ3n) is 3.95. The van der Waals surface area contributed by atoms with E-state index in [2.05, 4.69) is 24.2 Å². The van der Waals surface area contributed by atoms with Crippen LogP contribution in [0, 0.1) is 5.92 Å². The first-order valence-corrected chi connectivity index (χ1v) is 6.71. The molecule has 2 aliphatic carbocycles. The van der Waals surface area contributed by atoms with Gasteiger partial charge in [0.15, 0.2) is 0 Å². The predicted molar refractivity (Wildman–Crippen MR) is 65.1 cm³/mol. The van der Waals surface area contributed by atoms with Crippen LogP contribution >= 0.6 is 0 Å². The molecule has 0 radical (unpaired) electrons. The minimum absolute atomic E-state index is 0.821. The zero-order chi connectivity index (χ0) is 10.7. The second-order valence-electron chi connectivity index (χ2n) is 5.49. The highest BCUT2D eigenvalue weighted by molar-refractivity contribution is 4.84. The summed E-state index contributed by atoms with van der Waals surface area (Å²) in [4.78, 5) is 2.55. The fourth-order valence-corrected chi connectivity index (χ4v) is 2.22. The fraction of sp³-hybridized carbons (Fsp3) is 1.00. The molecule has 0 spiro atoms. The third kappa shape index (κ3) is 4.12. The third-order valence-corrected chi connectivity index (χ3v) is 3.95. The van der Waals surface area contributed by atoms with E-state index in [4.69, 9.17) is 0 Å². The van der Waals surface area contributed by atoms with Crippen molar-refractivity contribution in [1.82, 2.24) is 10.2 Å². The minimum atomic E-state index is 0.821. The van der Waals surface area contributed by atoms with Gasteiger partial charge in [0.2, 0.25) is 0 Å². The summed E-state index contributed by atoms with van der Waals surface area (Å²) in [6.45, 7) is 4.90. The monoisotopic (exact) mass is 210 g/mol. The molecule has 0 saturated heterocycles. The van der Waals surface area contributed by atoms with Crippen LogP contribution in [0.1, 0.15) is 45.4 Å². The fourth-order valence-electron chi connectivity index (χ4n) is 2.22. The van der Waals surface area contributed by atoms with Gasteiger partial charge in [0, 0.05) is 12.1 Å². The van der Waals surface area contributed by atoms with Crippen molar-refractivity contribution in [1.29, 1.82) is 0 Å². The molecular formula is C13H26N2. The van der Waals surface area contributed by atoms with Gasteiger partial charge in [-0.25, -0.2) is 0 Å². The number of unbranched alkanes of at least 4 members (excludes halogenated alkanes) is 1. The van der Waals surface area contributed by atoms with E-state index in [0.29, 0.717) is 0 Å².